The maximum atomic E-state index is 12.7. The van der Waals surface area contributed by atoms with Gasteiger partial charge in [0.25, 0.3) is 5.91 Å². The highest BCUT2D eigenvalue weighted by Gasteiger charge is 2.28. The number of rotatable bonds is 4. The van der Waals surface area contributed by atoms with Crippen molar-refractivity contribution in [3.63, 3.8) is 0 Å². The number of aromatic nitrogens is 1. The van der Waals surface area contributed by atoms with E-state index >= 15 is 0 Å². The van der Waals surface area contributed by atoms with Crippen LogP contribution in [0.2, 0.25) is 5.02 Å². The van der Waals surface area contributed by atoms with Gasteiger partial charge in [-0.1, -0.05) is 36.1 Å². The second kappa shape index (κ2) is 9.86. The zero-order valence-electron chi connectivity index (χ0n) is 18.8. The van der Waals surface area contributed by atoms with Crippen molar-refractivity contribution in [2.45, 2.75) is 52.4 Å². The molecule has 0 spiro atoms. The molecule has 32 heavy (non-hydrogen) atoms. The zero-order chi connectivity index (χ0) is 22.7. The van der Waals surface area contributed by atoms with E-state index in [-0.39, 0.29) is 11.8 Å². The van der Waals surface area contributed by atoms with Crippen LogP contribution in [0.15, 0.2) is 36.0 Å². The molecule has 1 saturated heterocycles. The first kappa shape index (κ1) is 22.5. The predicted molar refractivity (Wildman–Crippen MR) is 129 cm³/mol. The third-order valence-corrected chi connectivity index (χ3v) is 6.83. The fourth-order valence-electron chi connectivity index (χ4n) is 4.59. The van der Waals surface area contributed by atoms with E-state index in [1.807, 2.05) is 30.9 Å². The zero-order valence-corrected chi connectivity index (χ0v) is 19.5. The van der Waals surface area contributed by atoms with Gasteiger partial charge in [0.05, 0.1) is 5.56 Å². The Balaban J connectivity index is 1.45. The van der Waals surface area contributed by atoms with E-state index in [1.54, 1.807) is 18.3 Å². The van der Waals surface area contributed by atoms with Crippen molar-refractivity contribution in [2.75, 3.05) is 18.4 Å². The van der Waals surface area contributed by atoms with E-state index < -0.39 is 0 Å². The number of piperidine rings is 1. The standard InChI is InChI=1S/C26H30ClN3O2/c1-17-7-8-21(16-28-17)25(31)29-24-15-23(27)14-22(18(24)2)13-19-9-11-30(12-10-19)26(32)20-5-3-4-6-20/h7-8,13-16,20H,3-6,9-12H2,1-2H3,(H,29,31). The summed E-state index contributed by atoms with van der Waals surface area (Å²) in [4.78, 5) is 31.6. The summed E-state index contributed by atoms with van der Waals surface area (Å²) in [6.45, 7) is 5.44. The van der Waals surface area contributed by atoms with Crippen LogP contribution in [0.1, 0.15) is 65.7 Å². The molecule has 1 N–H and O–H groups in total. The number of carbonyl (C=O) groups excluding carboxylic acids is 2. The van der Waals surface area contributed by atoms with E-state index in [2.05, 4.69) is 16.4 Å². The number of pyridine rings is 1. The first-order valence-electron chi connectivity index (χ1n) is 11.4. The van der Waals surface area contributed by atoms with Crippen LogP contribution in [-0.2, 0) is 4.79 Å². The number of benzene rings is 1. The minimum Gasteiger partial charge on any atom is -0.342 e. The van der Waals surface area contributed by atoms with Gasteiger partial charge in [0.1, 0.15) is 0 Å². The average Bonchev–Trinajstić information content (AvgIpc) is 3.32. The number of aryl methyl sites for hydroxylation is 1. The highest BCUT2D eigenvalue weighted by Crippen LogP contribution is 2.31. The van der Waals surface area contributed by atoms with Crippen molar-refractivity contribution in [2.24, 2.45) is 5.92 Å². The second-order valence-corrected chi connectivity index (χ2v) is 9.36. The van der Waals surface area contributed by atoms with Gasteiger partial charge in [-0.05, 0) is 74.9 Å². The van der Waals surface area contributed by atoms with Crippen molar-refractivity contribution < 1.29 is 9.59 Å². The van der Waals surface area contributed by atoms with Crippen LogP contribution in [0.25, 0.3) is 6.08 Å². The maximum absolute atomic E-state index is 12.7. The monoisotopic (exact) mass is 451 g/mol. The number of amides is 2. The molecule has 2 aromatic rings. The molecular formula is C26H30ClN3O2. The molecule has 0 atom stereocenters. The van der Waals surface area contributed by atoms with Crippen molar-refractivity contribution >= 4 is 35.2 Å². The molecular weight excluding hydrogens is 422 g/mol. The molecule has 0 unspecified atom stereocenters. The minimum atomic E-state index is -0.208. The number of anilines is 1. The molecule has 1 aliphatic carbocycles. The molecule has 168 valence electrons. The third-order valence-electron chi connectivity index (χ3n) is 6.62. The molecule has 2 amide bonds. The average molecular weight is 452 g/mol. The number of hydrogen-bond donors (Lipinski definition) is 1. The van der Waals surface area contributed by atoms with Gasteiger partial charge >= 0.3 is 0 Å². The van der Waals surface area contributed by atoms with E-state index in [4.69, 9.17) is 11.6 Å². The van der Waals surface area contributed by atoms with Gasteiger partial charge < -0.3 is 10.2 Å². The molecule has 1 aliphatic heterocycles. The first-order chi connectivity index (χ1) is 15.4. The molecule has 0 bridgehead atoms. The molecule has 4 rings (SSSR count). The maximum Gasteiger partial charge on any atom is 0.257 e. The molecule has 0 radical (unpaired) electrons. The Hall–Kier alpha value is -2.66. The molecule has 1 saturated carbocycles. The van der Waals surface area contributed by atoms with E-state index in [9.17, 15) is 9.59 Å². The second-order valence-electron chi connectivity index (χ2n) is 8.92. The van der Waals surface area contributed by atoms with Gasteiger partial charge in [-0.25, -0.2) is 0 Å². The number of likely N-dealkylation sites (tertiary alicyclic amines) is 1. The largest absolute Gasteiger partial charge is 0.342 e. The summed E-state index contributed by atoms with van der Waals surface area (Å²) in [6.07, 6.45) is 9.96. The fraction of sp³-hybridized carbons (Fsp3) is 0.423. The Labute approximate surface area is 194 Å². The molecule has 1 aromatic carbocycles. The van der Waals surface area contributed by atoms with Gasteiger partial charge in [0.2, 0.25) is 5.91 Å². The summed E-state index contributed by atoms with van der Waals surface area (Å²) in [6, 6.07) is 7.30. The highest BCUT2D eigenvalue weighted by atomic mass is 35.5. The summed E-state index contributed by atoms with van der Waals surface area (Å²) in [5.74, 6) is 0.377. The van der Waals surface area contributed by atoms with Crippen LogP contribution in [0, 0.1) is 19.8 Å². The van der Waals surface area contributed by atoms with Crippen LogP contribution >= 0.6 is 11.6 Å². The lowest BCUT2D eigenvalue weighted by Gasteiger charge is -2.30. The fourth-order valence-corrected chi connectivity index (χ4v) is 4.81. The summed E-state index contributed by atoms with van der Waals surface area (Å²) < 4.78 is 0. The summed E-state index contributed by atoms with van der Waals surface area (Å²) in [7, 11) is 0. The normalized spacial score (nSPS) is 16.8. The van der Waals surface area contributed by atoms with Gasteiger partial charge in [-0.15, -0.1) is 0 Å². The minimum absolute atomic E-state index is 0.208. The molecule has 1 aromatic heterocycles. The van der Waals surface area contributed by atoms with E-state index in [0.29, 0.717) is 22.2 Å². The van der Waals surface area contributed by atoms with E-state index in [0.717, 1.165) is 55.6 Å². The molecule has 2 aliphatic rings. The van der Waals surface area contributed by atoms with Crippen LogP contribution < -0.4 is 5.32 Å². The Morgan fingerprint density at radius 2 is 1.84 bits per heavy atom. The van der Waals surface area contributed by atoms with Crippen LogP contribution in [-0.4, -0.2) is 34.8 Å². The third kappa shape index (κ3) is 5.21. The van der Waals surface area contributed by atoms with Crippen molar-refractivity contribution in [1.82, 2.24) is 9.88 Å². The number of carbonyl (C=O) groups is 2. The smallest absolute Gasteiger partial charge is 0.257 e. The SMILES string of the molecule is Cc1ccc(C(=O)Nc2cc(Cl)cc(C=C3CCN(C(=O)C4CCCC4)CC3)c2C)cn1. The Morgan fingerprint density at radius 3 is 2.50 bits per heavy atom. The quantitative estimate of drug-likeness (QED) is 0.638. The molecule has 2 heterocycles. The lowest BCUT2D eigenvalue weighted by Crippen LogP contribution is -2.39. The van der Waals surface area contributed by atoms with E-state index in [1.165, 1.54) is 18.4 Å². The molecule has 6 heteroatoms. The number of nitrogens with one attached hydrogen (secondary N) is 1. The number of hydrogen-bond acceptors (Lipinski definition) is 3. The molecule has 5 nitrogen and oxygen atoms in total. The Bertz CT molecular complexity index is 1030. The van der Waals surface area contributed by atoms with Crippen molar-refractivity contribution in [3.8, 4) is 0 Å². The van der Waals surface area contributed by atoms with Gasteiger partial charge in [0.15, 0.2) is 0 Å². The Kier molecular flexibility index (Phi) is 6.95. The lowest BCUT2D eigenvalue weighted by atomic mass is 9.96. The number of halogens is 1. The van der Waals surface area contributed by atoms with Crippen molar-refractivity contribution in [3.05, 3.63) is 63.4 Å². The predicted octanol–water partition coefficient (Wildman–Crippen LogP) is 5.80. The first-order valence-corrected chi connectivity index (χ1v) is 11.8. The van der Waals surface area contributed by atoms with Gasteiger partial charge in [-0.2, -0.15) is 0 Å². The van der Waals surface area contributed by atoms with Crippen LogP contribution in [0.4, 0.5) is 5.69 Å². The summed E-state index contributed by atoms with van der Waals surface area (Å²) >= 11 is 6.38. The summed E-state index contributed by atoms with van der Waals surface area (Å²) in [5, 5.41) is 3.55. The highest BCUT2D eigenvalue weighted by molar-refractivity contribution is 6.31. The topological polar surface area (TPSA) is 62.3 Å². The lowest BCUT2D eigenvalue weighted by molar-refractivity contribution is -0.135. The van der Waals surface area contributed by atoms with Gasteiger partial charge in [-0.3, -0.25) is 14.6 Å². The summed E-state index contributed by atoms with van der Waals surface area (Å²) in [5.41, 5.74) is 5.36. The van der Waals surface area contributed by atoms with Crippen molar-refractivity contribution in [1.29, 1.82) is 0 Å². The molecule has 2 fully saturated rings. The number of nitrogens with zero attached hydrogens (tertiary/aromatic N) is 2. The van der Waals surface area contributed by atoms with Crippen LogP contribution in [0.5, 0.6) is 0 Å². The van der Waals surface area contributed by atoms with Gasteiger partial charge in [0, 0.05) is 41.6 Å². The Morgan fingerprint density at radius 1 is 1.12 bits per heavy atom. The van der Waals surface area contributed by atoms with Crippen LogP contribution in [0.3, 0.4) is 0 Å².